The Kier molecular flexibility index (Phi) is 3.86. The quantitative estimate of drug-likeness (QED) is 0.254. The van der Waals surface area contributed by atoms with Crippen LogP contribution in [0.4, 0.5) is 0 Å². The van der Waals surface area contributed by atoms with Gasteiger partial charge in [-0.3, -0.25) is 0 Å². The second kappa shape index (κ2) is 4.75. The monoisotopic (exact) mass is 219 g/mol. The second-order valence-electron chi connectivity index (χ2n) is 3.41. The van der Waals surface area contributed by atoms with Gasteiger partial charge in [-0.1, -0.05) is 12.0 Å². The molecule has 0 aromatic rings. The molecular weight excluding hydrogens is 206 g/mol. The molecule has 0 spiro atoms. The molecule has 0 unspecified atom stereocenters. The van der Waals surface area contributed by atoms with Crippen molar-refractivity contribution in [3.05, 3.63) is 10.4 Å². The number of aliphatic hydroxyl groups is 4. The SMILES string of the molecule is C[C@@H](N=[N+]=[N-])[C@H]1O[C@@H](O)[C@H](O)[C@@H](O)[C@@H]1O. The van der Waals surface area contributed by atoms with Gasteiger partial charge in [-0.2, -0.15) is 0 Å². The molecule has 86 valence electrons. The summed E-state index contributed by atoms with van der Waals surface area (Å²) in [5.74, 6) is 0. The van der Waals surface area contributed by atoms with Crippen LogP contribution in [-0.2, 0) is 4.74 Å². The van der Waals surface area contributed by atoms with Gasteiger partial charge in [0.15, 0.2) is 6.29 Å². The van der Waals surface area contributed by atoms with Crippen LogP contribution in [0, 0.1) is 0 Å². The molecule has 4 N–H and O–H groups in total. The summed E-state index contributed by atoms with van der Waals surface area (Å²) < 4.78 is 4.83. The van der Waals surface area contributed by atoms with Crippen molar-refractivity contribution < 1.29 is 25.2 Å². The highest BCUT2D eigenvalue weighted by Crippen LogP contribution is 2.23. The zero-order chi connectivity index (χ0) is 11.6. The summed E-state index contributed by atoms with van der Waals surface area (Å²) in [5, 5.41) is 40.4. The predicted octanol–water partition coefficient (Wildman–Crippen LogP) is -1.51. The van der Waals surface area contributed by atoms with E-state index in [0.717, 1.165) is 0 Å². The summed E-state index contributed by atoms with van der Waals surface area (Å²) in [6, 6.07) is -0.762. The van der Waals surface area contributed by atoms with Crippen LogP contribution in [0.15, 0.2) is 5.11 Å². The maximum absolute atomic E-state index is 9.49. The number of ether oxygens (including phenoxy) is 1. The zero-order valence-corrected chi connectivity index (χ0v) is 8.00. The van der Waals surface area contributed by atoms with Crippen LogP contribution >= 0.6 is 0 Å². The maximum atomic E-state index is 9.49. The first-order valence-electron chi connectivity index (χ1n) is 4.41. The average Bonchev–Trinajstić information content (AvgIpc) is 2.20. The van der Waals surface area contributed by atoms with E-state index in [0.29, 0.717) is 0 Å². The van der Waals surface area contributed by atoms with Crippen molar-refractivity contribution in [2.75, 3.05) is 0 Å². The lowest BCUT2D eigenvalue weighted by atomic mass is 9.95. The Bertz CT molecular complexity index is 269. The molecule has 1 heterocycles. The molecule has 0 aromatic heterocycles. The van der Waals surface area contributed by atoms with Gasteiger partial charge in [0.2, 0.25) is 0 Å². The fraction of sp³-hybridized carbons (Fsp3) is 1.00. The van der Waals surface area contributed by atoms with E-state index in [1.165, 1.54) is 6.92 Å². The topological polar surface area (TPSA) is 139 Å². The number of nitrogens with zero attached hydrogens (tertiary/aromatic N) is 3. The molecule has 0 saturated carbocycles. The predicted molar refractivity (Wildman–Crippen MR) is 47.5 cm³/mol. The summed E-state index contributed by atoms with van der Waals surface area (Å²) >= 11 is 0. The molecule has 1 aliphatic heterocycles. The van der Waals surface area contributed by atoms with Crippen molar-refractivity contribution in [2.45, 2.75) is 43.7 Å². The third-order valence-electron chi connectivity index (χ3n) is 2.33. The molecule has 0 aliphatic carbocycles. The molecule has 8 nitrogen and oxygen atoms in total. The van der Waals surface area contributed by atoms with E-state index < -0.39 is 36.7 Å². The second-order valence-corrected chi connectivity index (χ2v) is 3.41. The van der Waals surface area contributed by atoms with Gasteiger partial charge in [0.1, 0.15) is 18.3 Å². The fourth-order valence-corrected chi connectivity index (χ4v) is 1.43. The number of hydrogen-bond acceptors (Lipinski definition) is 6. The average molecular weight is 219 g/mol. The summed E-state index contributed by atoms with van der Waals surface area (Å²) in [5.41, 5.74) is 8.18. The Morgan fingerprint density at radius 2 is 1.80 bits per heavy atom. The van der Waals surface area contributed by atoms with Crippen LogP contribution in [-0.4, -0.2) is 57.2 Å². The van der Waals surface area contributed by atoms with E-state index in [1.807, 2.05) is 0 Å². The maximum Gasteiger partial charge on any atom is 0.183 e. The molecule has 8 heteroatoms. The van der Waals surface area contributed by atoms with Gasteiger partial charge in [0.05, 0.1) is 12.1 Å². The van der Waals surface area contributed by atoms with E-state index in [1.54, 1.807) is 0 Å². The first-order chi connectivity index (χ1) is 6.99. The third kappa shape index (κ3) is 2.37. The van der Waals surface area contributed by atoms with Gasteiger partial charge >= 0.3 is 0 Å². The minimum Gasteiger partial charge on any atom is -0.388 e. The lowest BCUT2D eigenvalue weighted by Gasteiger charge is -2.39. The van der Waals surface area contributed by atoms with Crippen molar-refractivity contribution in [3.8, 4) is 0 Å². The number of rotatable bonds is 2. The Labute approximate surface area is 85.3 Å². The van der Waals surface area contributed by atoms with Crippen molar-refractivity contribution in [3.63, 3.8) is 0 Å². The normalized spacial score (nSPS) is 43.1. The molecule has 1 saturated heterocycles. The summed E-state index contributed by atoms with van der Waals surface area (Å²) in [6.07, 6.45) is -7.17. The molecule has 0 bridgehead atoms. The van der Waals surface area contributed by atoms with E-state index >= 15 is 0 Å². The van der Waals surface area contributed by atoms with Gasteiger partial charge < -0.3 is 25.2 Å². The summed E-state index contributed by atoms with van der Waals surface area (Å²) in [4.78, 5) is 2.52. The Morgan fingerprint density at radius 1 is 1.20 bits per heavy atom. The molecule has 0 amide bonds. The minimum absolute atomic E-state index is 0.762. The Hall–Kier alpha value is -0.890. The van der Waals surface area contributed by atoms with Crippen molar-refractivity contribution in [2.24, 2.45) is 5.11 Å². The minimum atomic E-state index is -1.61. The number of hydrogen-bond donors (Lipinski definition) is 4. The molecule has 0 aromatic carbocycles. The van der Waals surface area contributed by atoms with Crippen LogP contribution < -0.4 is 0 Å². The molecule has 6 atom stereocenters. The highest BCUT2D eigenvalue weighted by Gasteiger charge is 2.44. The van der Waals surface area contributed by atoms with Crippen molar-refractivity contribution in [1.29, 1.82) is 0 Å². The lowest BCUT2D eigenvalue weighted by Crippen LogP contribution is -2.59. The van der Waals surface area contributed by atoms with Crippen molar-refractivity contribution in [1.82, 2.24) is 0 Å². The molecular formula is C7H13N3O5. The fourth-order valence-electron chi connectivity index (χ4n) is 1.43. The van der Waals surface area contributed by atoms with Crippen LogP contribution in [0.25, 0.3) is 10.4 Å². The molecule has 1 fully saturated rings. The van der Waals surface area contributed by atoms with Crippen LogP contribution in [0.3, 0.4) is 0 Å². The van der Waals surface area contributed by atoms with Gasteiger partial charge in [-0.15, -0.1) is 0 Å². The summed E-state index contributed by atoms with van der Waals surface area (Å²) in [6.45, 7) is 1.46. The first kappa shape index (κ1) is 12.2. The Morgan fingerprint density at radius 3 is 2.33 bits per heavy atom. The number of azide groups is 1. The smallest absolute Gasteiger partial charge is 0.183 e. The van der Waals surface area contributed by atoms with Gasteiger partial charge in [-0.05, 0) is 5.53 Å². The standard InChI is InChI=1S/C7H13N3O5/c1-2(9-10-8)6-4(12)3(11)5(13)7(14)15-6/h2-7,11-14H,1H3/t2-,3+,4+,5-,6-,7-/m1/s1. The highest BCUT2D eigenvalue weighted by atomic mass is 16.6. The van der Waals surface area contributed by atoms with E-state index in [2.05, 4.69) is 10.0 Å². The van der Waals surface area contributed by atoms with Crippen molar-refractivity contribution >= 4 is 0 Å². The van der Waals surface area contributed by atoms with Crippen LogP contribution in [0.5, 0.6) is 0 Å². The third-order valence-corrected chi connectivity index (χ3v) is 2.33. The molecule has 15 heavy (non-hydrogen) atoms. The first-order valence-corrected chi connectivity index (χ1v) is 4.41. The van der Waals surface area contributed by atoms with E-state index in [-0.39, 0.29) is 0 Å². The largest absolute Gasteiger partial charge is 0.388 e. The van der Waals surface area contributed by atoms with Gasteiger partial charge in [0, 0.05) is 4.91 Å². The molecule has 1 aliphatic rings. The molecule has 1 rings (SSSR count). The van der Waals surface area contributed by atoms with Crippen LogP contribution in [0.1, 0.15) is 6.92 Å². The van der Waals surface area contributed by atoms with E-state index in [4.69, 9.17) is 15.4 Å². The van der Waals surface area contributed by atoms with Gasteiger partial charge in [-0.25, -0.2) is 0 Å². The summed E-state index contributed by atoms with van der Waals surface area (Å²) in [7, 11) is 0. The van der Waals surface area contributed by atoms with E-state index in [9.17, 15) is 15.3 Å². The zero-order valence-electron chi connectivity index (χ0n) is 8.00. The molecule has 0 radical (unpaired) electrons. The lowest BCUT2D eigenvalue weighted by molar-refractivity contribution is -0.284. The highest BCUT2D eigenvalue weighted by molar-refractivity contribution is 4.92. The number of aliphatic hydroxyl groups excluding tert-OH is 4. The Balaban J connectivity index is 2.78. The van der Waals surface area contributed by atoms with Crippen LogP contribution in [0.2, 0.25) is 0 Å². The van der Waals surface area contributed by atoms with Gasteiger partial charge in [0.25, 0.3) is 0 Å².